The van der Waals surface area contributed by atoms with Crippen molar-refractivity contribution in [2.75, 3.05) is 5.88 Å². The highest BCUT2D eigenvalue weighted by molar-refractivity contribution is 6.26. The lowest BCUT2D eigenvalue weighted by Gasteiger charge is -2.07. The lowest BCUT2D eigenvalue weighted by molar-refractivity contribution is -0.141. The van der Waals surface area contributed by atoms with Crippen molar-refractivity contribution in [3.63, 3.8) is 0 Å². The Bertz CT molecular complexity index is 317. The van der Waals surface area contributed by atoms with Gasteiger partial charge in [-0.1, -0.05) is 38.1 Å². The predicted octanol–water partition coefficient (Wildman–Crippen LogP) is 3.09. The molecule has 0 N–H and O–H groups in total. The number of carbonyl (C=O) groups is 1. The lowest BCUT2D eigenvalue weighted by atomic mass is 10.0. The molecule has 1 aromatic carbocycles. The number of ether oxygens (including phenoxy) is 1. The zero-order valence-corrected chi connectivity index (χ0v) is 9.75. The number of rotatable bonds is 4. The lowest BCUT2D eigenvalue weighted by Crippen LogP contribution is -2.05. The topological polar surface area (TPSA) is 26.3 Å². The summed E-state index contributed by atoms with van der Waals surface area (Å²) in [6, 6.07) is 8.04. The summed E-state index contributed by atoms with van der Waals surface area (Å²) in [5.74, 6) is 0.0402. The Morgan fingerprint density at radius 3 is 2.40 bits per heavy atom. The summed E-state index contributed by atoms with van der Waals surface area (Å²) < 4.78 is 4.91. The smallest absolute Gasteiger partial charge is 0.321 e. The van der Waals surface area contributed by atoms with Gasteiger partial charge in [-0.3, -0.25) is 4.79 Å². The number of alkyl halides is 1. The first kappa shape index (κ1) is 12.1. The molecule has 0 unspecified atom stereocenters. The molecule has 0 saturated carbocycles. The third-order valence-electron chi connectivity index (χ3n) is 2.16. The molecule has 1 rings (SSSR count). The van der Waals surface area contributed by atoms with Crippen LogP contribution in [0, 0.1) is 0 Å². The molecule has 0 amide bonds. The molecular weight excluding hydrogens is 212 g/mol. The molecule has 0 heterocycles. The van der Waals surface area contributed by atoms with Gasteiger partial charge in [0.1, 0.15) is 12.5 Å². The van der Waals surface area contributed by atoms with Gasteiger partial charge in [-0.2, -0.15) is 0 Å². The number of carbonyl (C=O) groups excluding carboxylic acids is 1. The summed E-state index contributed by atoms with van der Waals surface area (Å²) in [5.41, 5.74) is 2.26. The van der Waals surface area contributed by atoms with Crippen LogP contribution in [0.2, 0.25) is 0 Å². The zero-order chi connectivity index (χ0) is 11.3. The van der Waals surface area contributed by atoms with Crippen LogP contribution in [0.4, 0.5) is 0 Å². The van der Waals surface area contributed by atoms with Gasteiger partial charge in [-0.15, -0.1) is 11.6 Å². The maximum atomic E-state index is 10.8. The number of benzene rings is 1. The van der Waals surface area contributed by atoms with Crippen LogP contribution < -0.4 is 0 Å². The van der Waals surface area contributed by atoms with E-state index in [4.69, 9.17) is 16.3 Å². The monoisotopic (exact) mass is 226 g/mol. The fraction of sp³-hybridized carbons (Fsp3) is 0.417. The van der Waals surface area contributed by atoms with E-state index >= 15 is 0 Å². The molecule has 0 saturated heterocycles. The first-order valence-electron chi connectivity index (χ1n) is 4.94. The molecule has 0 aromatic heterocycles. The fourth-order valence-corrected chi connectivity index (χ4v) is 1.28. The molecule has 15 heavy (non-hydrogen) atoms. The Morgan fingerprint density at radius 1 is 1.33 bits per heavy atom. The average Bonchev–Trinajstić information content (AvgIpc) is 2.26. The maximum absolute atomic E-state index is 10.8. The molecule has 0 aliphatic rings. The van der Waals surface area contributed by atoms with Gasteiger partial charge in [0.05, 0.1) is 0 Å². The molecule has 3 heteroatoms. The quantitative estimate of drug-likeness (QED) is 0.583. The molecule has 82 valence electrons. The summed E-state index contributed by atoms with van der Waals surface area (Å²) in [5, 5.41) is 0. The maximum Gasteiger partial charge on any atom is 0.321 e. The average molecular weight is 227 g/mol. The van der Waals surface area contributed by atoms with Crippen LogP contribution in [0.15, 0.2) is 24.3 Å². The van der Waals surface area contributed by atoms with Crippen molar-refractivity contribution in [3.8, 4) is 0 Å². The van der Waals surface area contributed by atoms with E-state index in [2.05, 4.69) is 26.0 Å². The van der Waals surface area contributed by atoms with Crippen molar-refractivity contribution in [1.82, 2.24) is 0 Å². The molecule has 1 aromatic rings. The third-order valence-corrected chi connectivity index (χ3v) is 2.37. The summed E-state index contributed by atoms with van der Waals surface area (Å²) >= 11 is 5.31. The Balaban J connectivity index is 2.53. The van der Waals surface area contributed by atoms with E-state index in [0.717, 1.165) is 5.56 Å². The van der Waals surface area contributed by atoms with Gasteiger partial charge in [-0.25, -0.2) is 0 Å². The molecule has 0 aliphatic carbocycles. The van der Waals surface area contributed by atoms with Crippen LogP contribution in [-0.4, -0.2) is 11.8 Å². The standard InChI is InChI=1S/C12H15ClO2/c1-9(2)11-5-3-10(4-6-11)8-15-12(14)7-13/h3-6,9H,7-8H2,1-2H3. The van der Waals surface area contributed by atoms with E-state index in [1.807, 2.05) is 12.1 Å². The first-order chi connectivity index (χ1) is 7.13. The van der Waals surface area contributed by atoms with E-state index in [9.17, 15) is 4.79 Å². The van der Waals surface area contributed by atoms with Crippen molar-refractivity contribution in [2.45, 2.75) is 26.4 Å². The molecule has 0 bridgehead atoms. The van der Waals surface area contributed by atoms with Crippen LogP contribution in [0.1, 0.15) is 30.9 Å². The van der Waals surface area contributed by atoms with Gasteiger partial charge >= 0.3 is 5.97 Å². The minimum Gasteiger partial charge on any atom is -0.460 e. The zero-order valence-electron chi connectivity index (χ0n) is 9.00. The number of esters is 1. The minimum absolute atomic E-state index is 0.0932. The van der Waals surface area contributed by atoms with Crippen molar-refractivity contribution in [3.05, 3.63) is 35.4 Å². The molecule has 0 fully saturated rings. The second kappa shape index (κ2) is 5.76. The molecular formula is C12H15ClO2. The Morgan fingerprint density at radius 2 is 1.93 bits per heavy atom. The van der Waals surface area contributed by atoms with Crippen molar-refractivity contribution >= 4 is 17.6 Å². The SMILES string of the molecule is CC(C)c1ccc(COC(=O)CCl)cc1. The normalized spacial score (nSPS) is 10.4. The van der Waals surface area contributed by atoms with E-state index in [1.165, 1.54) is 5.56 Å². The summed E-state index contributed by atoms with van der Waals surface area (Å²) in [6.45, 7) is 4.58. The molecule has 0 radical (unpaired) electrons. The van der Waals surface area contributed by atoms with Crippen LogP contribution in [0.25, 0.3) is 0 Å². The third kappa shape index (κ3) is 3.92. The molecule has 0 aliphatic heterocycles. The van der Waals surface area contributed by atoms with Gasteiger partial charge in [0.25, 0.3) is 0 Å². The highest BCUT2D eigenvalue weighted by Crippen LogP contribution is 2.15. The second-order valence-corrected chi connectivity index (χ2v) is 3.96. The van der Waals surface area contributed by atoms with Crippen LogP contribution in [-0.2, 0) is 16.1 Å². The largest absolute Gasteiger partial charge is 0.460 e. The van der Waals surface area contributed by atoms with Gasteiger partial charge in [0.15, 0.2) is 0 Å². The highest BCUT2D eigenvalue weighted by Gasteiger charge is 2.02. The van der Waals surface area contributed by atoms with Crippen LogP contribution >= 0.6 is 11.6 Å². The summed E-state index contributed by atoms with van der Waals surface area (Å²) in [7, 11) is 0. The highest BCUT2D eigenvalue weighted by atomic mass is 35.5. The minimum atomic E-state index is -0.385. The fourth-order valence-electron chi connectivity index (χ4n) is 1.20. The van der Waals surface area contributed by atoms with Crippen molar-refractivity contribution in [2.24, 2.45) is 0 Å². The van der Waals surface area contributed by atoms with Gasteiger partial charge in [-0.05, 0) is 17.0 Å². The van der Waals surface area contributed by atoms with E-state index in [-0.39, 0.29) is 11.8 Å². The molecule has 2 nitrogen and oxygen atoms in total. The molecule has 0 atom stereocenters. The number of hydrogen-bond acceptors (Lipinski definition) is 2. The van der Waals surface area contributed by atoms with E-state index in [0.29, 0.717) is 12.5 Å². The van der Waals surface area contributed by atoms with Gasteiger partial charge < -0.3 is 4.74 Å². The van der Waals surface area contributed by atoms with Crippen LogP contribution in [0.5, 0.6) is 0 Å². The first-order valence-corrected chi connectivity index (χ1v) is 5.47. The number of halogens is 1. The Hall–Kier alpha value is -1.02. The van der Waals surface area contributed by atoms with E-state index < -0.39 is 0 Å². The van der Waals surface area contributed by atoms with Crippen molar-refractivity contribution < 1.29 is 9.53 Å². The van der Waals surface area contributed by atoms with Gasteiger partial charge in [0.2, 0.25) is 0 Å². The summed E-state index contributed by atoms with van der Waals surface area (Å²) in [6.07, 6.45) is 0. The predicted molar refractivity (Wildman–Crippen MR) is 61.0 cm³/mol. The Labute approximate surface area is 95.2 Å². The second-order valence-electron chi connectivity index (χ2n) is 3.69. The Kier molecular flexibility index (Phi) is 4.63. The summed E-state index contributed by atoms with van der Waals surface area (Å²) in [4.78, 5) is 10.8. The van der Waals surface area contributed by atoms with Gasteiger partial charge in [0, 0.05) is 0 Å². The van der Waals surface area contributed by atoms with E-state index in [1.54, 1.807) is 0 Å². The number of hydrogen-bond donors (Lipinski definition) is 0. The van der Waals surface area contributed by atoms with Crippen LogP contribution in [0.3, 0.4) is 0 Å². The van der Waals surface area contributed by atoms with Crippen molar-refractivity contribution in [1.29, 1.82) is 0 Å². The molecule has 0 spiro atoms.